The molecule has 8 heteroatoms. The molecule has 0 aromatic carbocycles. The molecule has 2 aromatic heterocycles. The highest BCUT2D eigenvalue weighted by atomic mass is 32.2. The van der Waals surface area contributed by atoms with Crippen molar-refractivity contribution in [2.45, 2.75) is 81.4 Å². The smallest absolute Gasteiger partial charge is 0.233 e. The van der Waals surface area contributed by atoms with Crippen LogP contribution in [0.2, 0.25) is 0 Å². The summed E-state index contributed by atoms with van der Waals surface area (Å²) in [5, 5.41) is 12.6. The van der Waals surface area contributed by atoms with E-state index in [9.17, 15) is 4.79 Å². The average Bonchev–Trinajstić information content (AvgIpc) is 3.23. The number of nitrogens with zero attached hydrogens (tertiary/aromatic N) is 6. The minimum atomic E-state index is 0.240. The van der Waals surface area contributed by atoms with E-state index in [0.29, 0.717) is 23.0 Å². The van der Waals surface area contributed by atoms with Crippen LogP contribution in [-0.2, 0) is 4.79 Å². The van der Waals surface area contributed by atoms with Gasteiger partial charge in [0.15, 0.2) is 0 Å². The molecule has 0 N–H and O–H groups in total. The number of aromatic nitrogens is 5. The number of amides is 1. The van der Waals surface area contributed by atoms with E-state index in [1.807, 2.05) is 12.1 Å². The third-order valence-corrected chi connectivity index (χ3v) is 6.78. The van der Waals surface area contributed by atoms with Gasteiger partial charge in [-0.1, -0.05) is 50.3 Å². The minimum Gasteiger partial charge on any atom is -0.336 e. The summed E-state index contributed by atoms with van der Waals surface area (Å²) in [7, 11) is 0. The average molecular weight is 401 g/mol. The quantitative estimate of drug-likeness (QED) is 0.689. The van der Waals surface area contributed by atoms with Crippen LogP contribution in [0.3, 0.4) is 0 Å². The Morgan fingerprint density at radius 3 is 2.36 bits per heavy atom. The highest BCUT2D eigenvalue weighted by Gasteiger charge is 2.32. The van der Waals surface area contributed by atoms with Gasteiger partial charge in [0, 0.05) is 18.3 Å². The molecule has 7 nitrogen and oxygen atoms in total. The van der Waals surface area contributed by atoms with Crippen LogP contribution < -0.4 is 0 Å². The van der Waals surface area contributed by atoms with Crippen LogP contribution >= 0.6 is 11.8 Å². The number of carbonyl (C=O) groups excluding carboxylic acids is 1. The van der Waals surface area contributed by atoms with Gasteiger partial charge >= 0.3 is 0 Å². The van der Waals surface area contributed by atoms with Gasteiger partial charge in [0.05, 0.1) is 17.6 Å². The van der Waals surface area contributed by atoms with Gasteiger partial charge in [-0.25, -0.2) is 0 Å². The van der Waals surface area contributed by atoms with Crippen molar-refractivity contribution in [1.82, 2.24) is 30.1 Å². The van der Waals surface area contributed by atoms with Gasteiger partial charge in [-0.3, -0.25) is 9.78 Å². The van der Waals surface area contributed by atoms with E-state index in [2.05, 4.69) is 25.4 Å². The summed E-state index contributed by atoms with van der Waals surface area (Å²) < 4.78 is 1.65. The van der Waals surface area contributed by atoms with E-state index in [1.54, 1.807) is 17.1 Å². The second-order valence-corrected chi connectivity index (χ2v) is 8.70. The van der Waals surface area contributed by atoms with Crippen molar-refractivity contribution in [3.05, 3.63) is 24.5 Å². The maximum absolute atomic E-state index is 13.3. The van der Waals surface area contributed by atoms with Crippen molar-refractivity contribution >= 4 is 17.7 Å². The Hall–Kier alpha value is -1.96. The molecule has 150 valence electrons. The maximum atomic E-state index is 13.3. The molecule has 0 atom stereocenters. The highest BCUT2D eigenvalue weighted by Crippen LogP contribution is 2.31. The lowest BCUT2D eigenvalue weighted by Crippen LogP contribution is -2.49. The van der Waals surface area contributed by atoms with Crippen molar-refractivity contribution in [2.75, 3.05) is 5.75 Å². The topological polar surface area (TPSA) is 76.8 Å². The van der Waals surface area contributed by atoms with Crippen molar-refractivity contribution < 1.29 is 4.79 Å². The van der Waals surface area contributed by atoms with E-state index in [1.165, 1.54) is 50.3 Å². The van der Waals surface area contributed by atoms with E-state index in [4.69, 9.17) is 0 Å². The van der Waals surface area contributed by atoms with Gasteiger partial charge < -0.3 is 4.90 Å². The number of tetrazole rings is 1. The molecule has 2 fully saturated rings. The van der Waals surface area contributed by atoms with Crippen molar-refractivity contribution in [1.29, 1.82) is 0 Å². The zero-order valence-electron chi connectivity index (χ0n) is 16.2. The summed E-state index contributed by atoms with van der Waals surface area (Å²) in [6.07, 6.45) is 15.6. The van der Waals surface area contributed by atoms with Gasteiger partial charge in [0.2, 0.25) is 11.1 Å². The molecule has 0 aliphatic heterocycles. The fourth-order valence-corrected chi connectivity index (χ4v) is 5.29. The molecule has 0 unspecified atom stereocenters. The molecular formula is C20H28N6OS. The van der Waals surface area contributed by atoms with Gasteiger partial charge in [0.1, 0.15) is 0 Å². The molecular weight excluding hydrogens is 372 g/mol. The molecule has 2 aliphatic carbocycles. The summed E-state index contributed by atoms with van der Waals surface area (Å²) in [6, 6.07) is 4.59. The molecule has 1 amide bonds. The van der Waals surface area contributed by atoms with Crippen LogP contribution in [0, 0.1) is 0 Å². The van der Waals surface area contributed by atoms with E-state index >= 15 is 0 Å². The molecule has 0 bridgehead atoms. The molecule has 28 heavy (non-hydrogen) atoms. The first kappa shape index (κ1) is 19.4. The normalized spacial score (nSPS) is 18.9. The molecule has 0 saturated heterocycles. The Bertz CT molecular complexity index is 737. The zero-order valence-corrected chi connectivity index (χ0v) is 17.1. The van der Waals surface area contributed by atoms with Crippen molar-refractivity contribution in [3.63, 3.8) is 0 Å². The van der Waals surface area contributed by atoms with Crippen LogP contribution in [0.4, 0.5) is 0 Å². The number of hydrogen-bond donors (Lipinski definition) is 0. The number of rotatable bonds is 6. The maximum Gasteiger partial charge on any atom is 0.233 e. The molecule has 4 rings (SSSR count). The monoisotopic (exact) mass is 400 g/mol. The van der Waals surface area contributed by atoms with Crippen LogP contribution in [0.15, 0.2) is 29.7 Å². The molecule has 2 saturated carbocycles. The Morgan fingerprint density at radius 1 is 1.07 bits per heavy atom. The Kier molecular flexibility index (Phi) is 6.57. The van der Waals surface area contributed by atoms with Gasteiger partial charge in [0.25, 0.3) is 0 Å². The number of carbonyl (C=O) groups is 1. The summed E-state index contributed by atoms with van der Waals surface area (Å²) in [5.74, 6) is 0.623. The molecule has 2 aliphatic rings. The number of pyridine rings is 1. The summed E-state index contributed by atoms with van der Waals surface area (Å²) in [5.41, 5.74) is 0.805. The second kappa shape index (κ2) is 9.49. The number of thioether (sulfide) groups is 1. The second-order valence-electron chi connectivity index (χ2n) is 7.76. The molecule has 2 aromatic rings. The van der Waals surface area contributed by atoms with Crippen LogP contribution in [-0.4, -0.2) is 53.8 Å². The largest absolute Gasteiger partial charge is 0.336 e. The van der Waals surface area contributed by atoms with Crippen LogP contribution in [0.1, 0.15) is 64.2 Å². The molecule has 0 spiro atoms. The Labute approximate surface area is 170 Å². The minimum absolute atomic E-state index is 0.240. The van der Waals surface area contributed by atoms with Crippen molar-refractivity contribution in [3.8, 4) is 5.69 Å². The van der Waals surface area contributed by atoms with E-state index in [0.717, 1.165) is 31.4 Å². The number of hydrogen-bond acceptors (Lipinski definition) is 6. The molecule has 0 radical (unpaired) electrons. The fraction of sp³-hybridized carbons (Fsp3) is 0.650. The SMILES string of the molecule is O=C(CSc1nnnn1-c1cccnc1)N(C1CCCCC1)C1CCCCC1. The van der Waals surface area contributed by atoms with E-state index < -0.39 is 0 Å². The highest BCUT2D eigenvalue weighted by molar-refractivity contribution is 7.99. The first-order chi connectivity index (χ1) is 13.8. The predicted molar refractivity (Wildman–Crippen MR) is 108 cm³/mol. The first-order valence-electron chi connectivity index (χ1n) is 10.5. The lowest BCUT2D eigenvalue weighted by molar-refractivity contribution is -0.135. The van der Waals surface area contributed by atoms with Crippen LogP contribution in [0.25, 0.3) is 5.69 Å². The van der Waals surface area contributed by atoms with Crippen LogP contribution in [0.5, 0.6) is 0 Å². The summed E-state index contributed by atoms with van der Waals surface area (Å²) in [4.78, 5) is 19.7. The zero-order chi connectivity index (χ0) is 19.2. The van der Waals surface area contributed by atoms with Crippen molar-refractivity contribution in [2.24, 2.45) is 0 Å². The third kappa shape index (κ3) is 4.54. The first-order valence-corrected chi connectivity index (χ1v) is 11.4. The van der Waals surface area contributed by atoms with Gasteiger partial charge in [-0.2, -0.15) is 4.68 Å². The third-order valence-electron chi connectivity index (χ3n) is 5.88. The lowest BCUT2D eigenvalue weighted by Gasteiger charge is -2.41. The standard InChI is InChI=1S/C20H28N6OS/c27-19(15-28-20-22-23-24-26(20)18-12-7-13-21-14-18)25(16-8-3-1-4-9-16)17-10-5-2-6-11-17/h7,12-14,16-17H,1-6,8-11,15H2. The lowest BCUT2D eigenvalue weighted by atomic mass is 9.88. The summed E-state index contributed by atoms with van der Waals surface area (Å²) >= 11 is 1.42. The van der Waals surface area contributed by atoms with E-state index in [-0.39, 0.29) is 5.91 Å². The Balaban J connectivity index is 1.45. The molecule has 2 heterocycles. The Morgan fingerprint density at radius 2 is 1.75 bits per heavy atom. The fourth-order valence-electron chi connectivity index (χ4n) is 4.53. The van der Waals surface area contributed by atoms with Gasteiger partial charge in [-0.15, -0.1) is 5.10 Å². The predicted octanol–water partition coefficient (Wildman–Crippen LogP) is 3.64. The summed E-state index contributed by atoms with van der Waals surface area (Å²) in [6.45, 7) is 0. The van der Waals surface area contributed by atoms with Gasteiger partial charge in [-0.05, 0) is 48.2 Å².